The first-order chi connectivity index (χ1) is 10.8. The fraction of sp³-hybridized carbons (Fsp3) is 0.571. The van der Waals surface area contributed by atoms with Crippen molar-refractivity contribution in [2.45, 2.75) is 19.2 Å². The number of nitrogens with zero attached hydrogens (tertiary/aromatic N) is 2. The zero-order valence-electron chi connectivity index (χ0n) is 12.6. The largest absolute Gasteiger partial charge is 0.411 e. The number of rotatable bonds is 5. The van der Waals surface area contributed by atoms with Gasteiger partial charge in [-0.15, -0.1) is 0 Å². The maximum Gasteiger partial charge on any atom is 0.411 e. The second-order valence-corrected chi connectivity index (χ2v) is 5.06. The molecule has 1 aromatic heterocycles. The molecule has 2 rings (SSSR count). The van der Waals surface area contributed by atoms with Crippen molar-refractivity contribution in [1.82, 2.24) is 4.98 Å². The maximum atomic E-state index is 12.0. The minimum Gasteiger partial charge on any atom is -0.378 e. The van der Waals surface area contributed by atoms with Gasteiger partial charge < -0.3 is 19.7 Å². The summed E-state index contributed by atoms with van der Waals surface area (Å²) in [6.45, 7) is 2.54. The van der Waals surface area contributed by atoms with E-state index in [1.165, 1.54) is 13.1 Å². The van der Waals surface area contributed by atoms with Crippen LogP contribution in [0.5, 0.6) is 0 Å². The van der Waals surface area contributed by atoms with Crippen LogP contribution in [0.1, 0.15) is 6.92 Å². The van der Waals surface area contributed by atoms with Crippen molar-refractivity contribution in [1.29, 1.82) is 0 Å². The molecule has 23 heavy (non-hydrogen) atoms. The molecule has 1 fully saturated rings. The van der Waals surface area contributed by atoms with Crippen LogP contribution in [-0.2, 0) is 14.3 Å². The number of amides is 1. The lowest BCUT2D eigenvalue weighted by Gasteiger charge is -2.27. The molecule has 0 bridgehead atoms. The highest BCUT2D eigenvalue weighted by molar-refractivity contribution is 5.93. The number of ether oxygens (including phenoxy) is 2. The highest BCUT2D eigenvalue weighted by Crippen LogP contribution is 2.17. The van der Waals surface area contributed by atoms with Crippen LogP contribution in [0.3, 0.4) is 0 Å². The molecular formula is C14H18F3N3O3. The second kappa shape index (κ2) is 7.60. The van der Waals surface area contributed by atoms with Crippen molar-refractivity contribution in [3.05, 3.63) is 18.3 Å². The number of morpholine rings is 1. The first-order valence-corrected chi connectivity index (χ1v) is 7.13. The molecule has 9 heteroatoms. The van der Waals surface area contributed by atoms with E-state index < -0.39 is 24.8 Å². The van der Waals surface area contributed by atoms with Gasteiger partial charge in [-0.25, -0.2) is 4.98 Å². The molecule has 1 aromatic rings. The van der Waals surface area contributed by atoms with Crippen molar-refractivity contribution in [2.24, 2.45) is 0 Å². The van der Waals surface area contributed by atoms with Gasteiger partial charge in [-0.3, -0.25) is 4.79 Å². The Labute approximate surface area is 131 Å². The average molecular weight is 333 g/mol. The lowest BCUT2D eigenvalue weighted by Crippen LogP contribution is -2.36. The summed E-state index contributed by atoms with van der Waals surface area (Å²) >= 11 is 0. The molecule has 0 spiro atoms. The van der Waals surface area contributed by atoms with Crippen molar-refractivity contribution in [3.63, 3.8) is 0 Å². The van der Waals surface area contributed by atoms with Crippen LogP contribution in [0.15, 0.2) is 18.3 Å². The summed E-state index contributed by atoms with van der Waals surface area (Å²) in [5, 5.41) is 2.47. The molecule has 1 amide bonds. The summed E-state index contributed by atoms with van der Waals surface area (Å²) in [4.78, 5) is 18.0. The molecular weight excluding hydrogens is 315 g/mol. The third kappa shape index (κ3) is 5.68. The van der Waals surface area contributed by atoms with Gasteiger partial charge in [0.1, 0.15) is 18.5 Å². The summed E-state index contributed by atoms with van der Waals surface area (Å²) in [7, 11) is 0. The van der Waals surface area contributed by atoms with Crippen molar-refractivity contribution in [3.8, 4) is 0 Å². The van der Waals surface area contributed by atoms with Crippen LogP contribution in [0.25, 0.3) is 0 Å². The second-order valence-electron chi connectivity index (χ2n) is 5.06. The first-order valence-electron chi connectivity index (χ1n) is 7.13. The minimum absolute atomic E-state index is 0.398. The molecule has 0 unspecified atom stereocenters. The van der Waals surface area contributed by atoms with E-state index in [9.17, 15) is 18.0 Å². The number of carbonyl (C=O) groups is 1. The van der Waals surface area contributed by atoms with Gasteiger partial charge in [-0.1, -0.05) is 0 Å². The van der Waals surface area contributed by atoms with E-state index in [1.807, 2.05) is 4.90 Å². The Kier molecular flexibility index (Phi) is 5.78. The molecule has 0 saturated carbocycles. The standard InChI is InChI=1S/C14H18F3N3O3/c1-10(23-9-14(15,16)17)13(21)19-11-2-3-12(18-8-11)20-4-6-22-7-5-20/h2-3,8,10H,4-7,9H2,1H3,(H,19,21)/t10-/m1/s1. The number of aromatic nitrogens is 1. The predicted molar refractivity (Wildman–Crippen MR) is 77.4 cm³/mol. The van der Waals surface area contributed by atoms with E-state index in [1.54, 1.807) is 12.1 Å². The Balaban J connectivity index is 1.86. The number of hydrogen-bond donors (Lipinski definition) is 1. The number of hydrogen-bond acceptors (Lipinski definition) is 5. The third-order valence-corrected chi connectivity index (χ3v) is 3.22. The minimum atomic E-state index is -4.46. The van der Waals surface area contributed by atoms with E-state index in [0.717, 1.165) is 18.9 Å². The van der Waals surface area contributed by atoms with Gasteiger partial charge in [-0.2, -0.15) is 13.2 Å². The summed E-state index contributed by atoms with van der Waals surface area (Å²) in [6.07, 6.45) is -4.22. The van der Waals surface area contributed by atoms with Crippen molar-refractivity contribution in [2.75, 3.05) is 43.1 Å². The molecule has 0 aliphatic carbocycles. The number of anilines is 2. The number of alkyl halides is 3. The highest BCUT2D eigenvalue weighted by atomic mass is 19.4. The molecule has 0 radical (unpaired) electrons. The molecule has 2 heterocycles. The fourth-order valence-corrected chi connectivity index (χ4v) is 1.98. The van der Waals surface area contributed by atoms with E-state index in [4.69, 9.17) is 4.74 Å². The van der Waals surface area contributed by atoms with Gasteiger partial charge in [0, 0.05) is 13.1 Å². The smallest absolute Gasteiger partial charge is 0.378 e. The van der Waals surface area contributed by atoms with E-state index in [-0.39, 0.29) is 0 Å². The molecule has 1 aliphatic rings. The fourth-order valence-electron chi connectivity index (χ4n) is 1.98. The predicted octanol–water partition coefficient (Wildman–Crippen LogP) is 1.82. The molecule has 1 N–H and O–H groups in total. The summed E-state index contributed by atoms with van der Waals surface area (Å²) < 4.78 is 45.9. The van der Waals surface area contributed by atoms with Crippen molar-refractivity contribution >= 4 is 17.4 Å². The van der Waals surface area contributed by atoms with Gasteiger partial charge in [0.25, 0.3) is 5.91 Å². The molecule has 6 nitrogen and oxygen atoms in total. The average Bonchev–Trinajstić information content (AvgIpc) is 2.53. The number of pyridine rings is 1. The summed E-state index contributed by atoms with van der Waals surface area (Å²) in [6, 6.07) is 3.38. The van der Waals surface area contributed by atoms with E-state index >= 15 is 0 Å². The number of halogens is 3. The third-order valence-electron chi connectivity index (χ3n) is 3.22. The van der Waals surface area contributed by atoms with E-state index in [2.05, 4.69) is 15.0 Å². The normalized spacial score (nSPS) is 17.0. The molecule has 1 atom stereocenters. The zero-order valence-corrected chi connectivity index (χ0v) is 12.6. The maximum absolute atomic E-state index is 12.0. The Morgan fingerprint density at radius 3 is 2.70 bits per heavy atom. The molecule has 0 aromatic carbocycles. The van der Waals surface area contributed by atoms with E-state index in [0.29, 0.717) is 18.9 Å². The Bertz CT molecular complexity index is 516. The van der Waals surface area contributed by atoms with Gasteiger partial charge in [0.15, 0.2) is 0 Å². The number of carbonyl (C=O) groups excluding carboxylic acids is 1. The van der Waals surface area contributed by atoms with Crippen LogP contribution in [0.4, 0.5) is 24.7 Å². The van der Waals surface area contributed by atoms with Gasteiger partial charge in [0.05, 0.1) is 25.1 Å². The Morgan fingerprint density at radius 2 is 2.13 bits per heavy atom. The van der Waals surface area contributed by atoms with Gasteiger partial charge in [0.2, 0.25) is 0 Å². The Hall–Kier alpha value is -1.87. The lowest BCUT2D eigenvalue weighted by atomic mass is 10.3. The summed E-state index contributed by atoms with van der Waals surface area (Å²) in [5.41, 5.74) is 0.398. The molecule has 1 saturated heterocycles. The SMILES string of the molecule is C[C@@H](OCC(F)(F)F)C(=O)Nc1ccc(N2CCOCC2)nc1. The van der Waals surface area contributed by atoms with Crippen LogP contribution < -0.4 is 10.2 Å². The topological polar surface area (TPSA) is 63.7 Å². The Morgan fingerprint density at radius 1 is 1.43 bits per heavy atom. The van der Waals surface area contributed by atoms with Crippen LogP contribution >= 0.6 is 0 Å². The van der Waals surface area contributed by atoms with Gasteiger partial charge >= 0.3 is 6.18 Å². The highest BCUT2D eigenvalue weighted by Gasteiger charge is 2.30. The molecule has 1 aliphatic heterocycles. The zero-order chi connectivity index (χ0) is 16.9. The van der Waals surface area contributed by atoms with Crippen LogP contribution in [0.2, 0.25) is 0 Å². The van der Waals surface area contributed by atoms with Crippen molar-refractivity contribution < 1.29 is 27.4 Å². The first kappa shape index (κ1) is 17.5. The number of nitrogens with one attached hydrogen (secondary N) is 1. The lowest BCUT2D eigenvalue weighted by molar-refractivity contribution is -0.184. The monoisotopic (exact) mass is 333 g/mol. The van der Waals surface area contributed by atoms with Crippen LogP contribution in [-0.4, -0.2) is 56.1 Å². The molecule has 128 valence electrons. The summed E-state index contributed by atoms with van der Waals surface area (Å²) in [5.74, 6) is 0.0999. The van der Waals surface area contributed by atoms with Gasteiger partial charge in [-0.05, 0) is 19.1 Å². The quantitative estimate of drug-likeness (QED) is 0.891. The van der Waals surface area contributed by atoms with Crippen LogP contribution in [0, 0.1) is 0 Å².